The highest BCUT2D eigenvalue weighted by molar-refractivity contribution is 5.23. The predicted molar refractivity (Wildman–Crippen MR) is 69.6 cm³/mol. The smallest absolute Gasteiger partial charge is 0.0648 e. The van der Waals surface area contributed by atoms with Gasteiger partial charge in [0.2, 0.25) is 0 Å². The van der Waals surface area contributed by atoms with Crippen LogP contribution in [0.3, 0.4) is 0 Å². The Kier molecular flexibility index (Phi) is 4.11. The Morgan fingerprint density at radius 1 is 1.24 bits per heavy atom. The van der Waals surface area contributed by atoms with E-state index in [-0.39, 0.29) is 6.04 Å². The summed E-state index contributed by atoms with van der Waals surface area (Å²) in [6.07, 6.45) is 7.97. The van der Waals surface area contributed by atoms with Crippen LogP contribution in [0.2, 0.25) is 0 Å². The molecule has 1 aliphatic rings. The molecule has 94 valence electrons. The van der Waals surface area contributed by atoms with Crippen LogP contribution in [-0.4, -0.2) is 10.2 Å². The molecule has 0 radical (unpaired) electrons. The van der Waals surface area contributed by atoms with Crippen LogP contribution < -0.4 is 5.73 Å². The van der Waals surface area contributed by atoms with Gasteiger partial charge in [-0.2, -0.15) is 10.2 Å². The van der Waals surface area contributed by atoms with Gasteiger partial charge in [-0.05, 0) is 37.8 Å². The number of hydrogen-bond acceptors (Lipinski definition) is 3. The minimum absolute atomic E-state index is 0.132. The maximum Gasteiger partial charge on any atom is 0.0648 e. The van der Waals surface area contributed by atoms with Crippen molar-refractivity contribution >= 4 is 0 Å². The maximum absolute atomic E-state index is 6.33. The van der Waals surface area contributed by atoms with E-state index in [0.29, 0.717) is 0 Å². The van der Waals surface area contributed by atoms with Crippen LogP contribution in [0.4, 0.5) is 0 Å². The van der Waals surface area contributed by atoms with Crippen LogP contribution >= 0.6 is 0 Å². The molecule has 1 aromatic heterocycles. The normalized spacial score (nSPS) is 19.2. The van der Waals surface area contributed by atoms with Gasteiger partial charge in [0.25, 0.3) is 0 Å². The number of hydrogen-bond donors (Lipinski definition) is 1. The lowest BCUT2D eigenvalue weighted by atomic mass is 9.83. The number of aryl methyl sites for hydroxylation is 2. The SMILES string of the molecule is Cc1cc(C(N)CC2CCCCC2)c(C)nn1. The summed E-state index contributed by atoms with van der Waals surface area (Å²) in [4.78, 5) is 0. The Labute approximate surface area is 104 Å². The molecule has 0 spiro atoms. The van der Waals surface area contributed by atoms with E-state index in [0.717, 1.165) is 23.7 Å². The molecule has 3 nitrogen and oxygen atoms in total. The summed E-state index contributed by atoms with van der Waals surface area (Å²) in [6.45, 7) is 3.98. The standard InChI is InChI=1S/C14H23N3/c1-10-8-13(11(2)17-16-10)14(15)9-12-6-4-3-5-7-12/h8,12,14H,3-7,9,15H2,1-2H3. The largest absolute Gasteiger partial charge is 0.324 e. The summed E-state index contributed by atoms with van der Waals surface area (Å²) < 4.78 is 0. The molecule has 1 unspecified atom stereocenters. The third kappa shape index (κ3) is 3.25. The van der Waals surface area contributed by atoms with E-state index in [9.17, 15) is 0 Å². The predicted octanol–water partition coefficient (Wildman–Crippen LogP) is 3.06. The lowest BCUT2D eigenvalue weighted by Gasteiger charge is -2.25. The lowest BCUT2D eigenvalue weighted by Crippen LogP contribution is -2.19. The van der Waals surface area contributed by atoms with Crippen molar-refractivity contribution < 1.29 is 0 Å². The molecule has 0 bridgehead atoms. The van der Waals surface area contributed by atoms with Crippen molar-refractivity contribution in [3.63, 3.8) is 0 Å². The zero-order chi connectivity index (χ0) is 12.3. The van der Waals surface area contributed by atoms with Gasteiger partial charge in [0.05, 0.1) is 11.4 Å². The van der Waals surface area contributed by atoms with Crippen LogP contribution in [-0.2, 0) is 0 Å². The molecule has 0 saturated heterocycles. The first-order valence-electron chi connectivity index (χ1n) is 6.73. The minimum atomic E-state index is 0.132. The summed E-state index contributed by atoms with van der Waals surface area (Å²) in [5.41, 5.74) is 9.46. The van der Waals surface area contributed by atoms with Crippen molar-refractivity contribution in [1.29, 1.82) is 0 Å². The van der Waals surface area contributed by atoms with Gasteiger partial charge in [0.1, 0.15) is 0 Å². The van der Waals surface area contributed by atoms with E-state index in [4.69, 9.17) is 5.73 Å². The van der Waals surface area contributed by atoms with Crippen LogP contribution in [0.15, 0.2) is 6.07 Å². The fraction of sp³-hybridized carbons (Fsp3) is 0.714. The number of aromatic nitrogens is 2. The molecule has 1 aromatic rings. The van der Waals surface area contributed by atoms with Gasteiger partial charge in [-0.25, -0.2) is 0 Å². The van der Waals surface area contributed by atoms with E-state index >= 15 is 0 Å². The zero-order valence-corrected chi connectivity index (χ0v) is 10.9. The molecule has 3 heteroatoms. The molecule has 1 aliphatic carbocycles. The molecule has 1 fully saturated rings. The van der Waals surface area contributed by atoms with Crippen molar-refractivity contribution in [2.45, 2.75) is 58.4 Å². The molecular formula is C14H23N3. The van der Waals surface area contributed by atoms with E-state index in [2.05, 4.69) is 16.3 Å². The first-order valence-corrected chi connectivity index (χ1v) is 6.73. The number of nitrogens with two attached hydrogens (primary N) is 1. The molecule has 0 amide bonds. The van der Waals surface area contributed by atoms with Gasteiger partial charge in [-0.1, -0.05) is 32.1 Å². The van der Waals surface area contributed by atoms with E-state index in [1.807, 2.05) is 13.8 Å². The molecule has 0 aliphatic heterocycles. The molecule has 0 aromatic carbocycles. The Morgan fingerprint density at radius 3 is 2.65 bits per heavy atom. The van der Waals surface area contributed by atoms with Gasteiger partial charge in [-0.3, -0.25) is 0 Å². The van der Waals surface area contributed by atoms with Crippen LogP contribution in [0.5, 0.6) is 0 Å². The average Bonchev–Trinajstić information content (AvgIpc) is 2.33. The summed E-state index contributed by atoms with van der Waals surface area (Å²) in [5, 5.41) is 8.23. The fourth-order valence-electron chi connectivity index (χ4n) is 2.85. The minimum Gasteiger partial charge on any atom is -0.324 e. The van der Waals surface area contributed by atoms with Gasteiger partial charge < -0.3 is 5.73 Å². The van der Waals surface area contributed by atoms with Crippen molar-refractivity contribution in [3.8, 4) is 0 Å². The van der Waals surface area contributed by atoms with E-state index < -0.39 is 0 Å². The quantitative estimate of drug-likeness (QED) is 0.873. The Balaban J connectivity index is 2.02. The molecule has 2 rings (SSSR count). The highest BCUT2D eigenvalue weighted by atomic mass is 15.1. The van der Waals surface area contributed by atoms with Crippen molar-refractivity contribution in [2.75, 3.05) is 0 Å². The summed E-state index contributed by atoms with van der Waals surface area (Å²) in [5.74, 6) is 0.812. The summed E-state index contributed by atoms with van der Waals surface area (Å²) >= 11 is 0. The van der Waals surface area contributed by atoms with Gasteiger partial charge in [-0.15, -0.1) is 0 Å². The van der Waals surface area contributed by atoms with Gasteiger partial charge in [0.15, 0.2) is 0 Å². The number of rotatable bonds is 3. The van der Waals surface area contributed by atoms with Crippen LogP contribution in [0.25, 0.3) is 0 Å². The molecule has 2 N–H and O–H groups in total. The van der Waals surface area contributed by atoms with Crippen LogP contribution in [0, 0.1) is 19.8 Å². The van der Waals surface area contributed by atoms with Crippen LogP contribution in [0.1, 0.15) is 61.5 Å². The Morgan fingerprint density at radius 2 is 1.94 bits per heavy atom. The highest BCUT2D eigenvalue weighted by Gasteiger charge is 2.19. The third-order valence-electron chi connectivity index (χ3n) is 3.85. The summed E-state index contributed by atoms with van der Waals surface area (Å²) in [7, 11) is 0. The molecule has 1 saturated carbocycles. The second-order valence-electron chi connectivity index (χ2n) is 5.37. The lowest BCUT2D eigenvalue weighted by molar-refractivity contribution is 0.318. The molecule has 1 atom stereocenters. The Bertz CT molecular complexity index is 370. The van der Waals surface area contributed by atoms with Gasteiger partial charge in [0, 0.05) is 6.04 Å². The van der Waals surface area contributed by atoms with Crippen molar-refractivity contribution in [1.82, 2.24) is 10.2 Å². The highest BCUT2D eigenvalue weighted by Crippen LogP contribution is 2.31. The van der Waals surface area contributed by atoms with E-state index in [1.165, 1.54) is 37.7 Å². The van der Waals surface area contributed by atoms with Gasteiger partial charge >= 0.3 is 0 Å². The second-order valence-corrected chi connectivity index (χ2v) is 5.37. The van der Waals surface area contributed by atoms with E-state index in [1.54, 1.807) is 0 Å². The Hall–Kier alpha value is -0.960. The fourth-order valence-corrected chi connectivity index (χ4v) is 2.85. The zero-order valence-electron chi connectivity index (χ0n) is 10.9. The average molecular weight is 233 g/mol. The summed E-state index contributed by atoms with van der Waals surface area (Å²) in [6, 6.07) is 2.22. The number of nitrogens with zero attached hydrogens (tertiary/aromatic N) is 2. The monoisotopic (exact) mass is 233 g/mol. The first kappa shape index (κ1) is 12.5. The second kappa shape index (κ2) is 5.58. The van der Waals surface area contributed by atoms with Crippen molar-refractivity contribution in [2.24, 2.45) is 11.7 Å². The van der Waals surface area contributed by atoms with Crippen molar-refractivity contribution in [3.05, 3.63) is 23.0 Å². The first-order chi connectivity index (χ1) is 8.16. The molecular weight excluding hydrogens is 210 g/mol. The molecule has 17 heavy (non-hydrogen) atoms. The molecule has 1 heterocycles. The maximum atomic E-state index is 6.33. The topological polar surface area (TPSA) is 51.8 Å². The third-order valence-corrected chi connectivity index (χ3v) is 3.85.